The highest BCUT2D eigenvalue weighted by molar-refractivity contribution is 6.18. The molecule has 0 bridgehead atoms. The molecule has 0 N–H and O–H groups in total. The zero-order valence-corrected chi connectivity index (χ0v) is 10.9. The molecular formula is C14H20ClN. The average molecular weight is 238 g/mol. The summed E-state index contributed by atoms with van der Waals surface area (Å²) in [7, 11) is 0. The number of hydrogen-bond donors (Lipinski definition) is 0. The number of anilines is 1. The van der Waals surface area contributed by atoms with Gasteiger partial charge in [0, 0.05) is 24.2 Å². The van der Waals surface area contributed by atoms with Gasteiger partial charge in [0.15, 0.2) is 0 Å². The summed E-state index contributed by atoms with van der Waals surface area (Å²) < 4.78 is 0. The van der Waals surface area contributed by atoms with Gasteiger partial charge in [-0.15, -0.1) is 11.6 Å². The van der Waals surface area contributed by atoms with Crippen LogP contribution in [-0.4, -0.2) is 18.5 Å². The van der Waals surface area contributed by atoms with E-state index in [1.807, 2.05) is 0 Å². The van der Waals surface area contributed by atoms with Crippen LogP contribution >= 0.6 is 11.6 Å². The smallest absolute Gasteiger partial charge is 0.0401 e. The summed E-state index contributed by atoms with van der Waals surface area (Å²) in [6.45, 7) is 5.61. The molecule has 2 heteroatoms. The van der Waals surface area contributed by atoms with Crippen LogP contribution in [0.15, 0.2) is 24.3 Å². The molecule has 1 aliphatic heterocycles. The lowest BCUT2D eigenvalue weighted by molar-refractivity contribution is 0.513. The van der Waals surface area contributed by atoms with Crippen molar-refractivity contribution in [2.24, 2.45) is 5.92 Å². The minimum Gasteiger partial charge on any atom is -0.368 e. The van der Waals surface area contributed by atoms with Crippen LogP contribution in [-0.2, 0) is 6.42 Å². The van der Waals surface area contributed by atoms with E-state index in [4.69, 9.17) is 11.6 Å². The highest BCUT2D eigenvalue weighted by atomic mass is 35.5. The van der Waals surface area contributed by atoms with Gasteiger partial charge in [-0.2, -0.15) is 0 Å². The minimum atomic E-state index is 0.551. The Morgan fingerprint density at radius 3 is 2.94 bits per heavy atom. The number of hydrogen-bond acceptors (Lipinski definition) is 1. The zero-order chi connectivity index (χ0) is 11.5. The van der Waals surface area contributed by atoms with E-state index >= 15 is 0 Å². The third kappa shape index (κ3) is 2.35. The maximum Gasteiger partial charge on any atom is 0.0401 e. The molecule has 1 aromatic rings. The minimum absolute atomic E-state index is 0.551. The van der Waals surface area contributed by atoms with E-state index in [0.29, 0.717) is 12.0 Å². The van der Waals surface area contributed by atoms with Crippen molar-refractivity contribution in [1.82, 2.24) is 0 Å². The fraction of sp³-hybridized carbons (Fsp3) is 0.571. The lowest BCUT2D eigenvalue weighted by Crippen LogP contribution is -2.40. The normalized spacial score (nSPS) is 21.7. The molecule has 0 aliphatic carbocycles. The summed E-state index contributed by atoms with van der Waals surface area (Å²) in [4.78, 5) is 2.52. The Bertz CT molecular complexity index is 350. The topological polar surface area (TPSA) is 3.24 Å². The van der Waals surface area contributed by atoms with Crippen molar-refractivity contribution in [3.63, 3.8) is 0 Å². The lowest BCUT2D eigenvalue weighted by atomic mass is 9.95. The SMILES string of the molecule is CC(CCl)CN1c2ccccc2CCC1C. The van der Waals surface area contributed by atoms with Gasteiger partial charge < -0.3 is 4.90 Å². The van der Waals surface area contributed by atoms with E-state index in [2.05, 4.69) is 43.0 Å². The van der Waals surface area contributed by atoms with E-state index < -0.39 is 0 Å². The Morgan fingerprint density at radius 2 is 2.19 bits per heavy atom. The molecule has 2 atom stereocenters. The molecule has 0 saturated carbocycles. The highest BCUT2D eigenvalue weighted by Crippen LogP contribution is 2.30. The lowest BCUT2D eigenvalue weighted by Gasteiger charge is -2.38. The fourth-order valence-electron chi connectivity index (χ4n) is 2.42. The molecular weight excluding hydrogens is 218 g/mol. The third-order valence-electron chi connectivity index (χ3n) is 3.44. The Labute approximate surface area is 103 Å². The number of para-hydroxylation sites is 1. The Hall–Kier alpha value is -0.690. The van der Waals surface area contributed by atoms with Crippen LogP contribution in [0.5, 0.6) is 0 Å². The second kappa shape index (κ2) is 5.09. The number of nitrogens with zero attached hydrogens (tertiary/aromatic N) is 1. The second-order valence-corrected chi connectivity index (χ2v) is 5.24. The van der Waals surface area contributed by atoms with E-state index in [0.717, 1.165) is 12.4 Å². The summed E-state index contributed by atoms with van der Waals surface area (Å²) in [6.07, 6.45) is 2.47. The molecule has 0 saturated heterocycles. The highest BCUT2D eigenvalue weighted by Gasteiger charge is 2.23. The summed E-state index contributed by atoms with van der Waals surface area (Å²) in [5.74, 6) is 1.29. The van der Waals surface area contributed by atoms with Crippen molar-refractivity contribution in [2.45, 2.75) is 32.7 Å². The molecule has 2 unspecified atom stereocenters. The van der Waals surface area contributed by atoms with Crippen molar-refractivity contribution in [1.29, 1.82) is 0 Å². The summed E-state index contributed by atoms with van der Waals surface area (Å²) in [5.41, 5.74) is 2.90. The molecule has 1 aliphatic rings. The first-order chi connectivity index (χ1) is 7.72. The number of fused-ring (bicyclic) bond motifs is 1. The monoisotopic (exact) mass is 237 g/mol. The zero-order valence-electron chi connectivity index (χ0n) is 10.1. The maximum atomic E-state index is 5.92. The van der Waals surface area contributed by atoms with Crippen molar-refractivity contribution in [3.05, 3.63) is 29.8 Å². The molecule has 1 aromatic carbocycles. The van der Waals surface area contributed by atoms with Crippen LogP contribution in [0.2, 0.25) is 0 Å². The van der Waals surface area contributed by atoms with Gasteiger partial charge in [-0.05, 0) is 37.3 Å². The van der Waals surface area contributed by atoms with E-state index in [-0.39, 0.29) is 0 Å². The Kier molecular flexibility index (Phi) is 3.75. The van der Waals surface area contributed by atoms with Gasteiger partial charge in [0.05, 0.1) is 0 Å². The van der Waals surface area contributed by atoms with Crippen LogP contribution in [0, 0.1) is 5.92 Å². The van der Waals surface area contributed by atoms with E-state index in [9.17, 15) is 0 Å². The standard InChI is InChI=1S/C14H20ClN/c1-11(9-15)10-16-12(2)7-8-13-5-3-4-6-14(13)16/h3-6,11-12H,7-10H2,1-2H3. The quantitative estimate of drug-likeness (QED) is 0.725. The van der Waals surface area contributed by atoms with E-state index in [1.54, 1.807) is 0 Å². The van der Waals surface area contributed by atoms with Crippen molar-refractivity contribution >= 4 is 17.3 Å². The number of benzene rings is 1. The molecule has 1 heterocycles. The van der Waals surface area contributed by atoms with Crippen LogP contribution in [0.3, 0.4) is 0 Å². The first-order valence-electron chi connectivity index (χ1n) is 6.13. The summed E-state index contributed by atoms with van der Waals surface area (Å²) in [6, 6.07) is 9.40. The van der Waals surface area contributed by atoms with Gasteiger partial charge in [0.25, 0.3) is 0 Å². The Balaban J connectivity index is 2.22. The van der Waals surface area contributed by atoms with Gasteiger partial charge in [-0.25, -0.2) is 0 Å². The van der Waals surface area contributed by atoms with Gasteiger partial charge in [0.1, 0.15) is 0 Å². The average Bonchev–Trinajstić information content (AvgIpc) is 2.32. The molecule has 2 rings (SSSR count). The first-order valence-corrected chi connectivity index (χ1v) is 6.66. The molecule has 0 amide bonds. The molecule has 0 spiro atoms. The first kappa shape index (κ1) is 11.8. The number of rotatable bonds is 3. The summed E-state index contributed by atoms with van der Waals surface area (Å²) >= 11 is 5.92. The predicted octanol–water partition coefficient (Wildman–Crippen LogP) is 3.70. The van der Waals surface area contributed by atoms with Gasteiger partial charge in [-0.3, -0.25) is 0 Å². The van der Waals surface area contributed by atoms with Gasteiger partial charge in [0.2, 0.25) is 0 Å². The molecule has 0 radical (unpaired) electrons. The van der Waals surface area contributed by atoms with Crippen LogP contribution in [0.25, 0.3) is 0 Å². The third-order valence-corrected chi connectivity index (χ3v) is 3.96. The largest absolute Gasteiger partial charge is 0.368 e. The molecule has 0 fully saturated rings. The van der Waals surface area contributed by atoms with E-state index in [1.165, 1.54) is 24.1 Å². The molecule has 0 aromatic heterocycles. The molecule has 88 valence electrons. The van der Waals surface area contributed by atoms with Gasteiger partial charge >= 0.3 is 0 Å². The molecule has 16 heavy (non-hydrogen) atoms. The molecule has 1 nitrogen and oxygen atoms in total. The van der Waals surface area contributed by atoms with Gasteiger partial charge in [-0.1, -0.05) is 25.1 Å². The van der Waals surface area contributed by atoms with Crippen molar-refractivity contribution in [2.75, 3.05) is 17.3 Å². The fourth-order valence-corrected chi connectivity index (χ4v) is 2.52. The van der Waals surface area contributed by atoms with Crippen molar-refractivity contribution < 1.29 is 0 Å². The van der Waals surface area contributed by atoms with Crippen LogP contribution in [0.4, 0.5) is 5.69 Å². The van der Waals surface area contributed by atoms with Crippen molar-refractivity contribution in [3.8, 4) is 0 Å². The number of aryl methyl sites for hydroxylation is 1. The Morgan fingerprint density at radius 1 is 1.44 bits per heavy atom. The maximum absolute atomic E-state index is 5.92. The number of alkyl halides is 1. The predicted molar refractivity (Wildman–Crippen MR) is 71.5 cm³/mol. The van der Waals surface area contributed by atoms with Crippen LogP contribution in [0.1, 0.15) is 25.8 Å². The number of halogens is 1. The van der Waals surface area contributed by atoms with Crippen LogP contribution < -0.4 is 4.90 Å². The summed E-state index contributed by atoms with van der Waals surface area (Å²) in [5, 5.41) is 0. The second-order valence-electron chi connectivity index (χ2n) is 4.93.